The van der Waals surface area contributed by atoms with E-state index in [-0.39, 0.29) is 23.8 Å². The number of anilines is 2. The Hall–Kier alpha value is -4.43. The molecule has 3 amide bonds. The second-order valence-corrected chi connectivity index (χ2v) is 11.0. The molecule has 8 nitrogen and oxygen atoms in total. The van der Waals surface area contributed by atoms with E-state index in [2.05, 4.69) is 20.5 Å². The fourth-order valence-electron chi connectivity index (χ4n) is 6.13. The highest BCUT2D eigenvalue weighted by Crippen LogP contribution is 2.32. The number of aromatic amines is 1. The van der Waals surface area contributed by atoms with E-state index in [0.29, 0.717) is 18.7 Å². The fraction of sp³-hybridized carbons (Fsp3) is 0.303. The number of hydrogen-bond donors (Lipinski definition) is 3. The number of carbonyl (C=O) groups excluding carboxylic acids is 3. The Morgan fingerprint density at radius 1 is 0.829 bits per heavy atom. The standard InChI is InChI=1S/C33H35N5O3/c1-22(39)34-26-13-11-23(12-14-26)29-21-25-20-27(15-16-28(25)36-29)35-32(40)30-10-7-19-38(30)33(41)31(37-17-5-6-18-37)24-8-3-2-4-9-24/h2-4,8-9,11-16,20-21,30-31,36H,5-7,10,17-19H2,1H3,(H,34,39)(H,35,40)/t30-,31+/m0/s1. The van der Waals surface area contributed by atoms with Crippen molar-refractivity contribution in [2.24, 2.45) is 0 Å². The monoisotopic (exact) mass is 549 g/mol. The SMILES string of the molecule is CC(=O)Nc1ccc(-c2cc3cc(NC(=O)[C@@H]4CCCN4C(=O)[C@@H](c4ccccc4)N4CCCC4)ccc3[nH]2)cc1. The maximum atomic E-state index is 14.0. The van der Waals surface area contributed by atoms with E-state index in [0.717, 1.165) is 65.8 Å². The van der Waals surface area contributed by atoms with Crippen molar-refractivity contribution in [3.05, 3.63) is 84.4 Å². The minimum absolute atomic E-state index is 0.0194. The lowest BCUT2D eigenvalue weighted by atomic mass is 10.0. The van der Waals surface area contributed by atoms with Crippen LogP contribution in [-0.4, -0.2) is 58.2 Å². The third-order valence-corrected chi connectivity index (χ3v) is 8.10. The van der Waals surface area contributed by atoms with Crippen LogP contribution < -0.4 is 10.6 Å². The Morgan fingerprint density at radius 3 is 2.29 bits per heavy atom. The number of carbonyl (C=O) groups is 3. The molecule has 1 aromatic heterocycles. The first-order chi connectivity index (χ1) is 20.0. The van der Waals surface area contributed by atoms with E-state index in [1.54, 1.807) is 4.90 Å². The van der Waals surface area contributed by atoms with Crippen LogP contribution in [0.3, 0.4) is 0 Å². The zero-order chi connectivity index (χ0) is 28.3. The van der Waals surface area contributed by atoms with Crippen molar-refractivity contribution >= 4 is 40.0 Å². The van der Waals surface area contributed by atoms with Crippen molar-refractivity contribution < 1.29 is 14.4 Å². The van der Waals surface area contributed by atoms with Gasteiger partial charge in [-0.25, -0.2) is 0 Å². The Morgan fingerprint density at radius 2 is 1.56 bits per heavy atom. The smallest absolute Gasteiger partial charge is 0.247 e. The summed E-state index contributed by atoms with van der Waals surface area (Å²) >= 11 is 0. The molecule has 3 aromatic carbocycles. The van der Waals surface area contributed by atoms with Gasteiger partial charge in [0.15, 0.2) is 0 Å². The molecule has 2 aliphatic rings. The molecule has 0 unspecified atom stereocenters. The molecular formula is C33H35N5O3. The molecule has 210 valence electrons. The number of benzene rings is 3. The van der Waals surface area contributed by atoms with Gasteiger partial charge in [0.1, 0.15) is 12.1 Å². The summed E-state index contributed by atoms with van der Waals surface area (Å²) in [6, 6.07) is 24.6. The zero-order valence-corrected chi connectivity index (χ0v) is 23.2. The topological polar surface area (TPSA) is 97.5 Å². The number of aromatic nitrogens is 1. The van der Waals surface area contributed by atoms with E-state index in [9.17, 15) is 14.4 Å². The van der Waals surface area contributed by atoms with E-state index >= 15 is 0 Å². The van der Waals surface area contributed by atoms with Crippen molar-refractivity contribution in [3.8, 4) is 11.3 Å². The van der Waals surface area contributed by atoms with E-state index < -0.39 is 6.04 Å². The summed E-state index contributed by atoms with van der Waals surface area (Å²) in [7, 11) is 0. The van der Waals surface area contributed by atoms with Crippen molar-refractivity contribution in [2.45, 2.75) is 44.7 Å². The molecule has 2 saturated heterocycles. The maximum absolute atomic E-state index is 14.0. The quantitative estimate of drug-likeness (QED) is 0.281. The van der Waals surface area contributed by atoms with E-state index in [1.807, 2.05) is 78.9 Å². The van der Waals surface area contributed by atoms with E-state index in [4.69, 9.17) is 0 Å². The average Bonchev–Trinajstić information content (AvgIpc) is 3.75. The van der Waals surface area contributed by atoms with Crippen LogP contribution in [0.2, 0.25) is 0 Å². The molecule has 41 heavy (non-hydrogen) atoms. The number of fused-ring (bicyclic) bond motifs is 1. The van der Waals surface area contributed by atoms with Crippen molar-refractivity contribution in [1.29, 1.82) is 0 Å². The predicted molar refractivity (Wildman–Crippen MR) is 161 cm³/mol. The Kier molecular flexibility index (Phi) is 7.57. The first-order valence-electron chi connectivity index (χ1n) is 14.4. The number of nitrogens with zero attached hydrogens (tertiary/aromatic N) is 2. The number of nitrogens with one attached hydrogen (secondary N) is 3. The molecule has 8 heteroatoms. The molecule has 0 bridgehead atoms. The highest BCUT2D eigenvalue weighted by atomic mass is 16.2. The van der Waals surface area contributed by atoms with Crippen molar-refractivity contribution in [1.82, 2.24) is 14.8 Å². The maximum Gasteiger partial charge on any atom is 0.247 e. The summed E-state index contributed by atoms with van der Waals surface area (Å²) in [4.78, 5) is 46.3. The minimum atomic E-state index is -0.490. The van der Waals surface area contributed by atoms with Crippen molar-refractivity contribution in [3.63, 3.8) is 0 Å². The Balaban J connectivity index is 1.18. The molecule has 4 aromatic rings. The number of rotatable bonds is 7. The average molecular weight is 550 g/mol. The second-order valence-electron chi connectivity index (χ2n) is 11.0. The summed E-state index contributed by atoms with van der Waals surface area (Å²) in [5, 5.41) is 6.84. The van der Waals surface area contributed by atoms with Crippen molar-refractivity contribution in [2.75, 3.05) is 30.3 Å². The zero-order valence-electron chi connectivity index (χ0n) is 23.2. The first kappa shape index (κ1) is 26.8. The second kappa shape index (κ2) is 11.6. The van der Waals surface area contributed by atoms with Crippen LogP contribution in [0.5, 0.6) is 0 Å². The summed E-state index contributed by atoms with van der Waals surface area (Å²) < 4.78 is 0. The molecule has 6 rings (SSSR count). The fourth-order valence-corrected chi connectivity index (χ4v) is 6.13. The van der Waals surface area contributed by atoms with Crippen LogP contribution in [0.4, 0.5) is 11.4 Å². The predicted octanol–water partition coefficient (Wildman–Crippen LogP) is 5.56. The van der Waals surface area contributed by atoms with Crippen LogP contribution in [0.1, 0.15) is 44.2 Å². The normalized spacial score (nSPS) is 18.0. The number of hydrogen-bond acceptors (Lipinski definition) is 4. The van der Waals surface area contributed by atoms with Gasteiger partial charge in [-0.3, -0.25) is 19.3 Å². The van der Waals surface area contributed by atoms with Gasteiger partial charge in [0, 0.05) is 41.4 Å². The van der Waals surface area contributed by atoms with Gasteiger partial charge in [0.25, 0.3) is 0 Å². The first-order valence-corrected chi connectivity index (χ1v) is 14.4. The third kappa shape index (κ3) is 5.74. The molecule has 2 aliphatic heterocycles. The van der Waals surface area contributed by atoms with Gasteiger partial charge in [0.05, 0.1) is 0 Å². The molecule has 0 radical (unpaired) electrons. The van der Waals surface area contributed by atoms with Crippen LogP contribution >= 0.6 is 0 Å². The minimum Gasteiger partial charge on any atom is -0.355 e. The third-order valence-electron chi connectivity index (χ3n) is 8.10. The van der Waals surface area contributed by atoms with Gasteiger partial charge in [-0.15, -0.1) is 0 Å². The summed E-state index contributed by atoms with van der Waals surface area (Å²) in [5.74, 6) is -0.232. The Labute approximate surface area is 239 Å². The van der Waals surface area contributed by atoms with Gasteiger partial charge in [-0.05, 0) is 86.3 Å². The molecule has 0 saturated carbocycles. The van der Waals surface area contributed by atoms with Gasteiger partial charge in [0.2, 0.25) is 17.7 Å². The van der Waals surface area contributed by atoms with Crippen LogP contribution in [0.15, 0.2) is 78.9 Å². The van der Waals surface area contributed by atoms with Gasteiger partial charge >= 0.3 is 0 Å². The molecule has 3 heterocycles. The lowest BCUT2D eigenvalue weighted by Gasteiger charge is -2.33. The highest BCUT2D eigenvalue weighted by molar-refractivity contribution is 6.00. The molecule has 3 N–H and O–H groups in total. The number of likely N-dealkylation sites (tertiary alicyclic amines) is 2. The van der Waals surface area contributed by atoms with Crippen LogP contribution in [0, 0.1) is 0 Å². The lowest BCUT2D eigenvalue weighted by molar-refractivity contribution is -0.141. The highest BCUT2D eigenvalue weighted by Gasteiger charge is 2.40. The Bertz CT molecular complexity index is 1560. The number of H-pyrrole nitrogens is 1. The van der Waals surface area contributed by atoms with Crippen LogP contribution in [-0.2, 0) is 14.4 Å². The molecule has 2 fully saturated rings. The summed E-state index contributed by atoms with van der Waals surface area (Å²) in [6.07, 6.45) is 3.65. The van der Waals surface area contributed by atoms with Gasteiger partial charge in [-0.1, -0.05) is 42.5 Å². The van der Waals surface area contributed by atoms with E-state index in [1.165, 1.54) is 6.92 Å². The summed E-state index contributed by atoms with van der Waals surface area (Å²) in [5.41, 5.74) is 5.33. The van der Waals surface area contributed by atoms with Crippen LogP contribution in [0.25, 0.3) is 22.2 Å². The molecular weight excluding hydrogens is 514 g/mol. The largest absolute Gasteiger partial charge is 0.355 e. The number of amides is 3. The lowest BCUT2D eigenvalue weighted by Crippen LogP contribution is -2.48. The van der Waals surface area contributed by atoms with Gasteiger partial charge < -0.3 is 20.5 Å². The molecule has 0 spiro atoms. The summed E-state index contributed by atoms with van der Waals surface area (Å²) in [6.45, 7) is 3.87. The van der Waals surface area contributed by atoms with Gasteiger partial charge in [-0.2, -0.15) is 0 Å². The molecule has 0 aliphatic carbocycles. The molecule has 2 atom stereocenters.